The van der Waals surface area contributed by atoms with Crippen molar-refractivity contribution < 1.29 is 14.7 Å². The third-order valence-electron chi connectivity index (χ3n) is 4.21. The van der Waals surface area contributed by atoms with E-state index in [0.717, 1.165) is 11.1 Å². The molecule has 0 aliphatic heterocycles. The van der Waals surface area contributed by atoms with E-state index in [0.29, 0.717) is 25.9 Å². The number of hydrogen-bond acceptors (Lipinski definition) is 2. The molecule has 0 aromatic heterocycles. The van der Waals surface area contributed by atoms with E-state index in [1.54, 1.807) is 11.0 Å². The minimum Gasteiger partial charge on any atom is -0.481 e. The lowest BCUT2D eigenvalue weighted by Crippen LogP contribution is -2.45. The maximum Gasteiger partial charge on any atom is 0.318 e. The summed E-state index contributed by atoms with van der Waals surface area (Å²) in [6.45, 7) is 4.61. The Balaban J connectivity index is 2.05. The molecule has 1 atom stereocenters. The number of rotatable bonds is 10. The number of nitrogens with one attached hydrogen (secondary N) is 1. The molecule has 0 spiro atoms. The molecule has 5 nitrogen and oxygen atoms in total. The van der Waals surface area contributed by atoms with E-state index in [9.17, 15) is 9.59 Å². The molecule has 142 valence electrons. The molecule has 1 unspecified atom stereocenters. The van der Waals surface area contributed by atoms with E-state index in [-0.39, 0.29) is 18.5 Å². The number of aliphatic carboxylic acids is 1. The van der Waals surface area contributed by atoms with Gasteiger partial charge in [-0.1, -0.05) is 66.7 Å². The van der Waals surface area contributed by atoms with Crippen molar-refractivity contribution >= 4 is 12.0 Å². The Kier molecular flexibility index (Phi) is 8.10. The van der Waals surface area contributed by atoms with Crippen molar-refractivity contribution in [1.29, 1.82) is 0 Å². The first kappa shape index (κ1) is 20.2. The van der Waals surface area contributed by atoms with Gasteiger partial charge in [0.2, 0.25) is 0 Å². The van der Waals surface area contributed by atoms with Crippen LogP contribution in [0.4, 0.5) is 4.79 Å². The Morgan fingerprint density at radius 1 is 1.04 bits per heavy atom. The summed E-state index contributed by atoms with van der Waals surface area (Å²) in [5.41, 5.74) is 2.09. The fraction of sp³-hybridized carbons (Fsp3) is 0.273. The third-order valence-corrected chi connectivity index (χ3v) is 4.21. The maximum atomic E-state index is 12.8. The van der Waals surface area contributed by atoms with Gasteiger partial charge in [0, 0.05) is 25.6 Å². The average Bonchev–Trinajstić information content (AvgIpc) is 2.67. The normalized spacial score (nSPS) is 11.4. The standard InChI is InChI=1S/C22H26N2O3/c1-2-15-24(17-19-11-7-4-8-12-19)22(27)23-20(13-14-21(25)26)16-18-9-5-3-6-10-18/h2-12,20H,1,13-17H2,(H,23,27)(H,25,26). The molecule has 2 amide bonds. The molecule has 2 rings (SSSR count). The summed E-state index contributed by atoms with van der Waals surface area (Å²) in [4.78, 5) is 25.5. The van der Waals surface area contributed by atoms with Crippen LogP contribution >= 0.6 is 0 Å². The Labute approximate surface area is 160 Å². The first-order valence-electron chi connectivity index (χ1n) is 9.04. The van der Waals surface area contributed by atoms with Gasteiger partial charge in [-0.25, -0.2) is 4.79 Å². The highest BCUT2D eigenvalue weighted by atomic mass is 16.4. The van der Waals surface area contributed by atoms with Crippen LogP contribution in [0.25, 0.3) is 0 Å². The fourth-order valence-electron chi connectivity index (χ4n) is 2.87. The molecule has 2 N–H and O–H groups in total. The van der Waals surface area contributed by atoms with Gasteiger partial charge in [-0.15, -0.1) is 6.58 Å². The molecule has 0 bridgehead atoms. The topological polar surface area (TPSA) is 69.6 Å². The fourth-order valence-corrected chi connectivity index (χ4v) is 2.87. The van der Waals surface area contributed by atoms with Gasteiger partial charge in [0.1, 0.15) is 0 Å². The highest BCUT2D eigenvalue weighted by Crippen LogP contribution is 2.10. The number of carboxylic acids is 1. The summed E-state index contributed by atoms with van der Waals surface area (Å²) in [5.74, 6) is -0.866. The van der Waals surface area contributed by atoms with Crippen LogP contribution in [0.15, 0.2) is 73.3 Å². The van der Waals surface area contributed by atoms with E-state index in [4.69, 9.17) is 5.11 Å². The van der Waals surface area contributed by atoms with Gasteiger partial charge in [-0.3, -0.25) is 4.79 Å². The minimum absolute atomic E-state index is 0.0118. The number of benzene rings is 2. The summed E-state index contributed by atoms with van der Waals surface area (Å²) >= 11 is 0. The Morgan fingerprint density at radius 3 is 2.19 bits per heavy atom. The summed E-state index contributed by atoms with van der Waals surface area (Å²) in [6, 6.07) is 19.0. The largest absolute Gasteiger partial charge is 0.481 e. The number of hydrogen-bond donors (Lipinski definition) is 2. The van der Waals surface area contributed by atoms with Crippen LogP contribution in [0.1, 0.15) is 24.0 Å². The van der Waals surface area contributed by atoms with E-state index < -0.39 is 5.97 Å². The molecule has 2 aromatic rings. The summed E-state index contributed by atoms with van der Waals surface area (Å²) in [5, 5.41) is 12.0. The molecule has 0 radical (unpaired) electrons. The first-order chi connectivity index (χ1) is 13.1. The zero-order valence-corrected chi connectivity index (χ0v) is 15.4. The van der Waals surface area contributed by atoms with Gasteiger partial charge in [0.15, 0.2) is 0 Å². The average molecular weight is 366 g/mol. The predicted octanol–water partition coefficient (Wildman–Crippen LogP) is 3.86. The van der Waals surface area contributed by atoms with Crippen LogP contribution < -0.4 is 5.32 Å². The zero-order valence-electron chi connectivity index (χ0n) is 15.4. The van der Waals surface area contributed by atoms with Crippen LogP contribution in [0, 0.1) is 0 Å². The van der Waals surface area contributed by atoms with Crippen LogP contribution in [0.2, 0.25) is 0 Å². The maximum absolute atomic E-state index is 12.8. The van der Waals surface area contributed by atoms with Crippen molar-refractivity contribution in [2.45, 2.75) is 31.8 Å². The Bertz CT molecular complexity index is 732. The molecular weight excluding hydrogens is 340 g/mol. The number of urea groups is 1. The van der Waals surface area contributed by atoms with Gasteiger partial charge in [0.05, 0.1) is 0 Å². The van der Waals surface area contributed by atoms with Gasteiger partial charge >= 0.3 is 12.0 Å². The highest BCUT2D eigenvalue weighted by molar-refractivity contribution is 5.75. The quantitative estimate of drug-likeness (QED) is 0.627. The second kappa shape index (κ2) is 10.8. The van der Waals surface area contributed by atoms with E-state index >= 15 is 0 Å². The van der Waals surface area contributed by atoms with Gasteiger partial charge in [0.25, 0.3) is 0 Å². The molecule has 0 aliphatic rings. The lowest BCUT2D eigenvalue weighted by molar-refractivity contribution is -0.137. The summed E-state index contributed by atoms with van der Waals surface area (Å²) in [6.07, 6.45) is 2.67. The molecule has 0 saturated carbocycles. The molecule has 0 aliphatic carbocycles. The van der Waals surface area contributed by atoms with Crippen LogP contribution in [0.3, 0.4) is 0 Å². The third kappa shape index (κ3) is 7.36. The van der Waals surface area contributed by atoms with E-state index in [2.05, 4.69) is 11.9 Å². The minimum atomic E-state index is -0.866. The predicted molar refractivity (Wildman–Crippen MR) is 106 cm³/mol. The van der Waals surface area contributed by atoms with Crippen LogP contribution in [-0.2, 0) is 17.8 Å². The second-order valence-electron chi connectivity index (χ2n) is 6.42. The lowest BCUT2D eigenvalue weighted by Gasteiger charge is -2.26. The van der Waals surface area contributed by atoms with Crippen LogP contribution in [-0.4, -0.2) is 34.6 Å². The van der Waals surface area contributed by atoms with Gasteiger partial charge in [-0.2, -0.15) is 0 Å². The monoisotopic (exact) mass is 366 g/mol. The SMILES string of the molecule is C=CCN(Cc1ccccc1)C(=O)NC(CCC(=O)O)Cc1ccccc1. The van der Waals surface area contributed by atoms with E-state index in [1.807, 2.05) is 60.7 Å². The molecule has 0 saturated heterocycles. The number of carbonyl (C=O) groups excluding carboxylic acids is 1. The van der Waals surface area contributed by atoms with Crippen molar-refractivity contribution in [3.63, 3.8) is 0 Å². The number of carbonyl (C=O) groups is 2. The Hall–Kier alpha value is -3.08. The number of carboxylic acid groups (broad SMARTS) is 1. The molecule has 2 aromatic carbocycles. The molecule has 0 heterocycles. The van der Waals surface area contributed by atoms with E-state index in [1.165, 1.54) is 0 Å². The van der Waals surface area contributed by atoms with Crippen molar-refractivity contribution in [1.82, 2.24) is 10.2 Å². The zero-order chi connectivity index (χ0) is 19.5. The van der Waals surface area contributed by atoms with Crippen LogP contribution in [0.5, 0.6) is 0 Å². The molecule has 5 heteroatoms. The highest BCUT2D eigenvalue weighted by Gasteiger charge is 2.19. The molecular formula is C22H26N2O3. The number of amides is 2. The lowest BCUT2D eigenvalue weighted by atomic mass is 10.0. The second-order valence-corrected chi connectivity index (χ2v) is 6.42. The van der Waals surface area contributed by atoms with Crippen molar-refractivity contribution in [3.05, 3.63) is 84.4 Å². The van der Waals surface area contributed by atoms with Crippen molar-refractivity contribution in [3.8, 4) is 0 Å². The smallest absolute Gasteiger partial charge is 0.318 e. The summed E-state index contributed by atoms with van der Waals surface area (Å²) in [7, 11) is 0. The summed E-state index contributed by atoms with van der Waals surface area (Å²) < 4.78 is 0. The number of nitrogens with zero attached hydrogens (tertiary/aromatic N) is 1. The van der Waals surface area contributed by atoms with Gasteiger partial charge < -0.3 is 15.3 Å². The Morgan fingerprint density at radius 2 is 1.63 bits per heavy atom. The van der Waals surface area contributed by atoms with Crippen molar-refractivity contribution in [2.75, 3.05) is 6.54 Å². The van der Waals surface area contributed by atoms with Gasteiger partial charge in [-0.05, 0) is 24.0 Å². The first-order valence-corrected chi connectivity index (χ1v) is 9.04. The van der Waals surface area contributed by atoms with Crippen molar-refractivity contribution in [2.24, 2.45) is 0 Å². The molecule has 0 fully saturated rings. The molecule has 27 heavy (non-hydrogen) atoms.